The minimum Gasteiger partial charge on any atom is -0.351 e. The number of hydrogen-bond acceptors (Lipinski definition) is 6. The van der Waals surface area contributed by atoms with Crippen LogP contribution in [0.3, 0.4) is 0 Å². The van der Waals surface area contributed by atoms with Crippen molar-refractivity contribution in [3.63, 3.8) is 0 Å². The molecule has 2 fully saturated rings. The van der Waals surface area contributed by atoms with Crippen molar-refractivity contribution in [2.45, 2.75) is 6.04 Å². The first-order valence-electron chi connectivity index (χ1n) is 7.82. The van der Waals surface area contributed by atoms with Gasteiger partial charge >= 0.3 is 6.03 Å². The van der Waals surface area contributed by atoms with Crippen molar-refractivity contribution in [1.29, 1.82) is 0 Å². The number of rotatable bonds is 3. The maximum Gasteiger partial charge on any atom is 0.322 e. The number of fused-ring (bicyclic) bond motifs is 1. The number of nitrogens with one attached hydrogen (secondary N) is 1. The highest BCUT2D eigenvalue weighted by Gasteiger charge is 2.32. The van der Waals surface area contributed by atoms with Crippen LogP contribution in [-0.2, 0) is 0 Å². The number of amides is 2. The summed E-state index contributed by atoms with van der Waals surface area (Å²) in [5.41, 5.74) is 1.85. The molecule has 2 saturated heterocycles. The van der Waals surface area contributed by atoms with Crippen molar-refractivity contribution in [2.24, 2.45) is 0 Å². The van der Waals surface area contributed by atoms with E-state index in [0.717, 1.165) is 34.8 Å². The molecule has 0 radical (unpaired) electrons. The van der Waals surface area contributed by atoms with Crippen LogP contribution in [0.5, 0.6) is 0 Å². The van der Waals surface area contributed by atoms with E-state index >= 15 is 0 Å². The van der Waals surface area contributed by atoms with E-state index in [1.165, 1.54) is 0 Å². The van der Waals surface area contributed by atoms with E-state index in [9.17, 15) is 4.79 Å². The summed E-state index contributed by atoms with van der Waals surface area (Å²) < 4.78 is 3.08. The van der Waals surface area contributed by atoms with Gasteiger partial charge in [0.2, 0.25) is 0 Å². The third-order valence-corrected chi connectivity index (χ3v) is 5.42. The fraction of sp³-hybridized carbons (Fsp3) is 0.333. The lowest BCUT2D eigenvalue weighted by molar-refractivity contribution is 0.252. The van der Waals surface area contributed by atoms with Crippen molar-refractivity contribution < 1.29 is 4.79 Å². The van der Waals surface area contributed by atoms with Crippen molar-refractivity contribution in [3.8, 4) is 0 Å². The molecule has 122 valence electrons. The number of thiophene rings is 1. The Hall–Kier alpha value is -2.68. The lowest BCUT2D eigenvalue weighted by atomic mass is 10.1. The SMILES string of the molecule is O=C1NCCN1c1cnn(C2CN(c3ncnc4ccsc34)C2)c1. The Labute approximate surface area is 141 Å². The summed E-state index contributed by atoms with van der Waals surface area (Å²) in [5, 5.41) is 9.28. The third kappa shape index (κ3) is 2.04. The molecule has 9 heteroatoms. The van der Waals surface area contributed by atoms with Crippen molar-refractivity contribution in [2.75, 3.05) is 36.0 Å². The van der Waals surface area contributed by atoms with Crippen LogP contribution in [0.2, 0.25) is 0 Å². The van der Waals surface area contributed by atoms with E-state index in [0.29, 0.717) is 19.1 Å². The normalized spacial score (nSPS) is 18.2. The molecular formula is C15H15N7OS. The molecule has 0 unspecified atom stereocenters. The molecule has 2 aliphatic rings. The molecule has 0 saturated carbocycles. The lowest BCUT2D eigenvalue weighted by Gasteiger charge is -2.40. The van der Waals surface area contributed by atoms with Crippen LogP contribution in [-0.4, -0.2) is 52.0 Å². The van der Waals surface area contributed by atoms with Gasteiger partial charge in [0.05, 0.1) is 28.1 Å². The summed E-state index contributed by atoms with van der Waals surface area (Å²) in [7, 11) is 0. The zero-order valence-electron chi connectivity index (χ0n) is 12.8. The van der Waals surface area contributed by atoms with E-state index in [2.05, 4.69) is 25.3 Å². The van der Waals surface area contributed by atoms with Gasteiger partial charge < -0.3 is 10.2 Å². The Bertz CT molecular complexity index is 913. The molecule has 3 aromatic heterocycles. The Morgan fingerprint density at radius 2 is 2.21 bits per heavy atom. The van der Waals surface area contributed by atoms with Crippen LogP contribution < -0.4 is 15.1 Å². The van der Waals surface area contributed by atoms with Gasteiger partial charge in [0.15, 0.2) is 0 Å². The largest absolute Gasteiger partial charge is 0.351 e. The van der Waals surface area contributed by atoms with Crippen molar-refractivity contribution >= 4 is 39.1 Å². The number of urea groups is 1. The number of hydrogen-bond donors (Lipinski definition) is 1. The Balaban J connectivity index is 1.32. The van der Waals surface area contributed by atoms with Gasteiger partial charge in [-0.25, -0.2) is 14.8 Å². The highest BCUT2D eigenvalue weighted by molar-refractivity contribution is 7.17. The summed E-state index contributed by atoms with van der Waals surface area (Å²) in [6.07, 6.45) is 5.33. The van der Waals surface area contributed by atoms with Gasteiger partial charge in [-0.3, -0.25) is 9.58 Å². The summed E-state index contributed by atoms with van der Waals surface area (Å²) in [5.74, 6) is 0.998. The van der Waals surface area contributed by atoms with E-state index < -0.39 is 0 Å². The second-order valence-corrected chi connectivity index (χ2v) is 6.87. The van der Waals surface area contributed by atoms with Crippen LogP contribution in [0.4, 0.5) is 16.3 Å². The second-order valence-electron chi connectivity index (χ2n) is 5.95. The average Bonchev–Trinajstić information content (AvgIpc) is 3.25. The van der Waals surface area contributed by atoms with Gasteiger partial charge in [-0.15, -0.1) is 11.3 Å². The molecule has 0 aliphatic carbocycles. The second kappa shape index (κ2) is 5.17. The highest BCUT2D eigenvalue weighted by Crippen LogP contribution is 2.33. The molecule has 2 amide bonds. The molecule has 0 atom stereocenters. The monoisotopic (exact) mass is 341 g/mol. The molecule has 0 spiro atoms. The lowest BCUT2D eigenvalue weighted by Crippen LogP contribution is -2.48. The Kier molecular flexibility index (Phi) is 2.96. The minimum atomic E-state index is -0.0501. The molecule has 1 N–H and O–H groups in total. The fourth-order valence-electron chi connectivity index (χ4n) is 3.18. The molecule has 8 nitrogen and oxygen atoms in total. The van der Waals surface area contributed by atoms with Crippen LogP contribution in [0.1, 0.15) is 6.04 Å². The van der Waals surface area contributed by atoms with Crippen molar-refractivity contribution in [3.05, 3.63) is 30.2 Å². The summed E-state index contributed by atoms with van der Waals surface area (Å²) >= 11 is 1.67. The summed E-state index contributed by atoms with van der Waals surface area (Å²) in [4.78, 5) is 24.4. The first-order chi connectivity index (χ1) is 11.8. The summed E-state index contributed by atoms with van der Waals surface area (Å²) in [6, 6.07) is 2.27. The van der Waals surface area contributed by atoms with Crippen LogP contribution in [0.15, 0.2) is 30.2 Å². The Morgan fingerprint density at radius 3 is 3.04 bits per heavy atom. The molecule has 24 heavy (non-hydrogen) atoms. The van der Waals surface area contributed by atoms with Crippen LogP contribution in [0, 0.1) is 0 Å². The number of aromatic nitrogens is 4. The third-order valence-electron chi connectivity index (χ3n) is 4.52. The number of carbonyl (C=O) groups excluding carboxylic acids is 1. The smallest absolute Gasteiger partial charge is 0.322 e. The minimum absolute atomic E-state index is 0.0501. The zero-order valence-corrected chi connectivity index (χ0v) is 13.6. The number of carbonyl (C=O) groups is 1. The zero-order chi connectivity index (χ0) is 16.1. The molecule has 5 rings (SSSR count). The van der Waals surface area contributed by atoms with E-state index in [4.69, 9.17) is 0 Å². The molecule has 3 aromatic rings. The van der Waals surface area contributed by atoms with Gasteiger partial charge in [-0.1, -0.05) is 0 Å². The molecule has 0 aromatic carbocycles. The van der Waals surface area contributed by atoms with Crippen LogP contribution >= 0.6 is 11.3 Å². The fourth-order valence-corrected chi connectivity index (χ4v) is 4.04. The quantitative estimate of drug-likeness (QED) is 0.781. The average molecular weight is 341 g/mol. The van der Waals surface area contributed by atoms with Gasteiger partial charge in [-0.2, -0.15) is 5.10 Å². The first kappa shape index (κ1) is 13.7. The van der Waals surface area contributed by atoms with Gasteiger partial charge in [0.25, 0.3) is 0 Å². The molecule has 5 heterocycles. The van der Waals surface area contributed by atoms with E-state index in [1.807, 2.05) is 22.3 Å². The van der Waals surface area contributed by atoms with E-state index in [1.54, 1.807) is 28.8 Å². The van der Waals surface area contributed by atoms with Gasteiger partial charge in [0.1, 0.15) is 12.1 Å². The van der Waals surface area contributed by atoms with Gasteiger partial charge in [0, 0.05) is 32.4 Å². The molecular weight excluding hydrogens is 326 g/mol. The van der Waals surface area contributed by atoms with E-state index in [-0.39, 0.29) is 6.03 Å². The summed E-state index contributed by atoms with van der Waals surface area (Å²) in [6.45, 7) is 3.10. The standard InChI is InChI=1S/C15H15N7OS/c23-15-16-2-3-21(15)10-5-19-22(8-10)11-6-20(7-11)14-13-12(1-4-24-13)17-9-18-14/h1,4-5,8-9,11H,2-3,6-7H2,(H,16,23). The predicted molar refractivity (Wildman–Crippen MR) is 91.6 cm³/mol. The maximum absolute atomic E-state index is 11.7. The van der Waals surface area contributed by atoms with Crippen molar-refractivity contribution in [1.82, 2.24) is 25.1 Å². The van der Waals surface area contributed by atoms with Gasteiger partial charge in [-0.05, 0) is 11.4 Å². The first-order valence-corrected chi connectivity index (χ1v) is 8.70. The van der Waals surface area contributed by atoms with Crippen LogP contribution in [0.25, 0.3) is 10.2 Å². The highest BCUT2D eigenvalue weighted by atomic mass is 32.1. The molecule has 0 bridgehead atoms. The molecule has 2 aliphatic heterocycles. The predicted octanol–water partition coefficient (Wildman–Crippen LogP) is 1.48. The topological polar surface area (TPSA) is 79.2 Å². The number of anilines is 2. The maximum atomic E-state index is 11.7. The Morgan fingerprint density at radius 1 is 1.29 bits per heavy atom. The number of nitrogens with zero attached hydrogens (tertiary/aromatic N) is 6.